The van der Waals surface area contributed by atoms with Crippen LogP contribution in [0, 0.1) is 11.3 Å². The van der Waals surface area contributed by atoms with Crippen LogP contribution in [-0.2, 0) is 11.3 Å². The zero-order valence-corrected chi connectivity index (χ0v) is 15.3. The number of carbonyl (C=O) groups is 2. The maximum absolute atomic E-state index is 12.5. The fourth-order valence-corrected chi connectivity index (χ4v) is 2.92. The number of aryl methyl sites for hydroxylation is 1. The van der Waals surface area contributed by atoms with Gasteiger partial charge in [0.1, 0.15) is 0 Å². The molecule has 1 aliphatic rings. The number of hydrogen-bond acceptors (Lipinski definition) is 4. The topological polar surface area (TPSA) is 88.9 Å². The van der Waals surface area contributed by atoms with Gasteiger partial charge in [0.15, 0.2) is 5.69 Å². The Balaban J connectivity index is 2.01. The monoisotopic (exact) mass is 335 g/mol. The average molecular weight is 335 g/mol. The molecule has 0 radical (unpaired) electrons. The summed E-state index contributed by atoms with van der Waals surface area (Å²) in [7, 11) is 0. The van der Waals surface area contributed by atoms with E-state index in [-0.39, 0.29) is 29.3 Å². The Kier molecular flexibility index (Phi) is 5.62. The molecular weight excluding hydrogens is 306 g/mol. The second-order valence-corrected chi connectivity index (χ2v) is 8.08. The number of nitrogens with one attached hydrogen (secondary N) is 2. The SMILES string of the molecule is CC(C)CCn1cc(C(=O)N[C@@H]2CCC(=O)N[C@H]2C(C)(C)C)nn1. The van der Waals surface area contributed by atoms with Gasteiger partial charge in [0.05, 0.1) is 18.3 Å². The Morgan fingerprint density at radius 1 is 1.46 bits per heavy atom. The van der Waals surface area contributed by atoms with E-state index in [1.54, 1.807) is 10.9 Å². The molecule has 1 aliphatic heterocycles. The van der Waals surface area contributed by atoms with Crippen LogP contribution in [0.1, 0.15) is 64.4 Å². The third-order valence-electron chi connectivity index (χ3n) is 4.36. The van der Waals surface area contributed by atoms with Crippen LogP contribution < -0.4 is 10.6 Å². The molecule has 1 aromatic heterocycles. The molecule has 7 nitrogen and oxygen atoms in total. The number of piperidine rings is 1. The quantitative estimate of drug-likeness (QED) is 0.858. The second-order valence-electron chi connectivity index (χ2n) is 8.08. The summed E-state index contributed by atoms with van der Waals surface area (Å²) >= 11 is 0. The molecule has 0 unspecified atom stereocenters. The van der Waals surface area contributed by atoms with Gasteiger partial charge in [0, 0.05) is 13.0 Å². The fourth-order valence-electron chi connectivity index (χ4n) is 2.92. The van der Waals surface area contributed by atoms with Crippen molar-refractivity contribution in [3.8, 4) is 0 Å². The Hall–Kier alpha value is -1.92. The molecule has 2 atom stereocenters. The van der Waals surface area contributed by atoms with E-state index in [1.165, 1.54) is 0 Å². The smallest absolute Gasteiger partial charge is 0.273 e. The van der Waals surface area contributed by atoms with E-state index in [2.05, 4.69) is 55.6 Å². The molecule has 1 aromatic rings. The van der Waals surface area contributed by atoms with Crippen LogP contribution in [0.2, 0.25) is 0 Å². The van der Waals surface area contributed by atoms with Crippen LogP contribution >= 0.6 is 0 Å². The summed E-state index contributed by atoms with van der Waals surface area (Å²) in [6, 6.07) is -0.199. The lowest BCUT2D eigenvalue weighted by molar-refractivity contribution is -0.125. The first-order valence-corrected chi connectivity index (χ1v) is 8.67. The van der Waals surface area contributed by atoms with Crippen LogP contribution in [0.25, 0.3) is 0 Å². The maximum atomic E-state index is 12.5. The predicted molar refractivity (Wildman–Crippen MR) is 91.4 cm³/mol. The van der Waals surface area contributed by atoms with Crippen molar-refractivity contribution in [2.24, 2.45) is 11.3 Å². The van der Waals surface area contributed by atoms with Crippen LogP contribution in [0.5, 0.6) is 0 Å². The van der Waals surface area contributed by atoms with Crippen molar-refractivity contribution < 1.29 is 9.59 Å². The molecule has 0 aromatic carbocycles. The second kappa shape index (κ2) is 7.32. The zero-order chi connectivity index (χ0) is 17.9. The van der Waals surface area contributed by atoms with Crippen molar-refractivity contribution in [3.63, 3.8) is 0 Å². The lowest BCUT2D eigenvalue weighted by atomic mass is 9.78. The molecule has 24 heavy (non-hydrogen) atoms. The molecule has 2 N–H and O–H groups in total. The van der Waals surface area contributed by atoms with Gasteiger partial charge < -0.3 is 10.6 Å². The van der Waals surface area contributed by atoms with E-state index >= 15 is 0 Å². The first kappa shape index (κ1) is 18.4. The van der Waals surface area contributed by atoms with Crippen molar-refractivity contribution >= 4 is 11.8 Å². The molecule has 2 amide bonds. The third-order valence-corrected chi connectivity index (χ3v) is 4.36. The van der Waals surface area contributed by atoms with Gasteiger partial charge in [-0.05, 0) is 24.2 Å². The first-order valence-electron chi connectivity index (χ1n) is 8.67. The molecule has 2 heterocycles. The van der Waals surface area contributed by atoms with E-state index < -0.39 is 0 Å². The minimum atomic E-state index is -0.235. The summed E-state index contributed by atoms with van der Waals surface area (Å²) in [6.45, 7) is 11.2. The van der Waals surface area contributed by atoms with Crippen molar-refractivity contribution in [1.82, 2.24) is 25.6 Å². The van der Waals surface area contributed by atoms with Crippen LogP contribution in [-0.4, -0.2) is 38.9 Å². The van der Waals surface area contributed by atoms with Gasteiger partial charge in [0.25, 0.3) is 5.91 Å². The van der Waals surface area contributed by atoms with Gasteiger partial charge in [-0.3, -0.25) is 14.3 Å². The third kappa shape index (κ3) is 4.79. The molecular formula is C17H29N5O2. The molecule has 0 aliphatic carbocycles. The summed E-state index contributed by atoms with van der Waals surface area (Å²) < 4.78 is 1.71. The zero-order valence-electron chi connectivity index (χ0n) is 15.3. The van der Waals surface area contributed by atoms with Crippen molar-refractivity contribution in [2.45, 2.75) is 72.5 Å². The first-order chi connectivity index (χ1) is 11.2. The summed E-state index contributed by atoms with van der Waals surface area (Å²) in [6.07, 6.45) is 3.75. The minimum Gasteiger partial charge on any atom is -0.351 e. The van der Waals surface area contributed by atoms with E-state index in [1.807, 2.05) is 0 Å². The van der Waals surface area contributed by atoms with Gasteiger partial charge in [-0.2, -0.15) is 0 Å². The highest BCUT2D eigenvalue weighted by atomic mass is 16.2. The Morgan fingerprint density at radius 3 is 2.79 bits per heavy atom. The van der Waals surface area contributed by atoms with Gasteiger partial charge >= 0.3 is 0 Å². The molecule has 2 rings (SSSR count). The molecule has 134 valence electrons. The van der Waals surface area contributed by atoms with Crippen LogP contribution in [0.4, 0.5) is 0 Å². The number of aromatic nitrogens is 3. The largest absolute Gasteiger partial charge is 0.351 e. The normalized spacial score (nSPS) is 21.7. The summed E-state index contributed by atoms with van der Waals surface area (Å²) in [4.78, 5) is 24.2. The van der Waals surface area contributed by atoms with Crippen LogP contribution in [0.15, 0.2) is 6.20 Å². The number of amides is 2. The Morgan fingerprint density at radius 2 is 2.17 bits per heavy atom. The molecule has 0 spiro atoms. The Bertz CT molecular complexity index is 588. The predicted octanol–water partition coefficient (Wildman–Crippen LogP) is 1.75. The van der Waals surface area contributed by atoms with Crippen molar-refractivity contribution in [2.75, 3.05) is 0 Å². The van der Waals surface area contributed by atoms with Gasteiger partial charge in [0.2, 0.25) is 5.91 Å². The fraction of sp³-hybridized carbons (Fsp3) is 0.765. The van der Waals surface area contributed by atoms with Gasteiger partial charge in [-0.1, -0.05) is 39.8 Å². The molecule has 1 fully saturated rings. The van der Waals surface area contributed by atoms with Crippen LogP contribution in [0.3, 0.4) is 0 Å². The van der Waals surface area contributed by atoms with E-state index in [9.17, 15) is 9.59 Å². The minimum absolute atomic E-state index is 0.0417. The van der Waals surface area contributed by atoms with Crippen molar-refractivity contribution in [3.05, 3.63) is 11.9 Å². The number of nitrogens with zero attached hydrogens (tertiary/aromatic N) is 3. The lowest BCUT2D eigenvalue weighted by Crippen LogP contribution is -2.60. The van der Waals surface area contributed by atoms with Gasteiger partial charge in [-0.25, -0.2) is 0 Å². The highest BCUT2D eigenvalue weighted by Crippen LogP contribution is 2.26. The molecule has 1 saturated heterocycles. The summed E-state index contributed by atoms with van der Waals surface area (Å²) in [5, 5.41) is 14.0. The number of rotatable bonds is 5. The van der Waals surface area contributed by atoms with E-state index in [4.69, 9.17) is 0 Å². The highest BCUT2D eigenvalue weighted by Gasteiger charge is 2.37. The lowest BCUT2D eigenvalue weighted by Gasteiger charge is -2.40. The average Bonchev–Trinajstić information content (AvgIpc) is 2.95. The standard InChI is InChI=1S/C17H29N5O2/c1-11(2)8-9-22-10-13(20-21-22)16(24)18-12-6-7-14(23)19-15(12)17(3,4)5/h10-12,15H,6-9H2,1-5H3,(H,18,24)(H,19,23)/t12-,15-/m1/s1. The maximum Gasteiger partial charge on any atom is 0.273 e. The highest BCUT2D eigenvalue weighted by molar-refractivity contribution is 5.92. The van der Waals surface area contributed by atoms with E-state index in [0.29, 0.717) is 24.5 Å². The molecule has 0 saturated carbocycles. The summed E-state index contributed by atoms with van der Waals surface area (Å²) in [5.41, 5.74) is 0.187. The molecule has 0 bridgehead atoms. The number of carbonyl (C=O) groups excluding carboxylic acids is 2. The molecule has 7 heteroatoms. The van der Waals surface area contributed by atoms with E-state index in [0.717, 1.165) is 13.0 Å². The summed E-state index contributed by atoms with van der Waals surface area (Å²) in [5.74, 6) is 0.381. The number of hydrogen-bond donors (Lipinski definition) is 2. The Labute approximate surface area is 143 Å². The van der Waals surface area contributed by atoms with Crippen molar-refractivity contribution in [1.29, 1.82) is 0 Å². The van der Waals surface area contributed by atoms with Gasteiger partial charge in [-0.15, -0.1) is 5.10 Å².